The molecule has 1 fully saturated rings. The van der Waals surface area contributed by atoms with Crippen LogP contribution in [-0.4, -0.2) is 45.4 Å². The monoisotopic (exact) mass is 353 g/mol. The number of ether oxygens (including phenoxy) is 1. The number of likely N-dealkylation sites (tertiary alicyclic amines) is 1. The lowest BCUT2D eigenvalue weighted by Gasteiger charge is -2.34. The van der Waals surface area contributed by atoms with Gasteiger partial charge in [0.1, 0.15) is 17.2 Å². The van der Waals surface area contributed by atoms with Crippen molar-refractivity contribution in [3.05, 3.63) is 6.07 Å². The summed E-state index contributed by atoms with van der Waals surface area (Å²) in [5.41, 5.74) is 10.9. The van der Waals surface area contributed by atoms with E-state index < -0.39 is 5.60 Å². The SMILES string of the molecule is CC(C)(C)OC(=O)N1CCC[C@H](CCSc2nc(N)cc(N)n2)C1. The lowest BCUT2D eigenvalue weighted by Crippen LogP contribution is -2.43. The van der Waals surface area contributed by atoms with Gasteiger partial charge in [-0.2, -0.15) is 0 Å². The number of rotatable bonds is 4. The van der Waals surface area contributed by atoms with Crippen LogP contribution in [-0.2, 0) is 4.74 Å². The average molecular weight is 353 g/mol. The Morgan fingerprint density at radius 3 is 2.67 bits per heavy atom. The van der Waals surface area contributed by atoms with Crippen LogP contribution in [0.2, 0.25) is 0 Å². The Labute approximate surface area is 147 Å². The van der Waals surface area contributed by atoms with E-state index in [1.165, 1.54) is 0 Å². The average Bonchev–Trinajstić information content (AvgIpc) is 2.45. The highest BCUT2D eigenvalue weighted by molar-refractivity contribution is 7.99. The normalized spacial score (nSPS) is 18.5. The maximum absolute atomic E-state index is 12.2. The Hall–Kier alpha value is -1.70. The summed E-state index contributed by atoms with van der Waals surface area (Å²) in [6.07, 6.45) is 2.91. The zero-order valence-electron chi connectivity index (χ0n) is 14.6. The van der Waals surface area contributed by atoms with E-state index in [-0.39, 0.29) is 6.09 Å². The second-order valence-corrected chi connectivity index (χ2v) is 8.13. The molecule has 8 heteroatoms. The summed E-state index contributed by atoms with van der Waals surface area (Å²) < 4.78 is 5.46. The van der Waals surface area contributed by atoms with Gasteiger partial charge in [-0.1, -0.05) is 11.8 Å². The number of amides is 1. The Balaban J connectivity index is 1.79. The molecule has 0 saturated carbocycles. The predicted molar refractivity (Wildman–Crippen MR) is 96.7 cm³/mol. The van der Waals surface area contributed by atoms with Crippen molar-refractivity contribution in [1.82, 2.24) is 14.9 Å². The van der Waals surface area contributed by atoms with Crippen LogP contribution in [0.15, 0.2) is 11.2 Å². The zero-order valence-corrected chi connectivity index (χ0v) is 15.4. The summed E-state index contributed by atoms with van der Waals surface area (Å²) in [4.78, 5) is 22.3. The highest BCUT2D eigenvalue weighted by atomic mass is 32.2. The van der Waals surface area contributed by atoms with Crippen molar-refractivity contribution in [3.8, 4) is 0 Å². The fourth-order valence-corrected chi connectivity index (χ4v) is 3.61. The number of nitrogens with zero attached hydrogens (tertiary/aromatic N) is 3. The first-order chi connectivity index (χ1) is 11.2. The Morgan fingerprint density at radius 1 is 1.38 bits per heavy atom. The number of piperidine rings is 1. The Kier molecular flexibility index (Phi) is 6.15. The van der Waals surface area contributed by atoms with Crippen LogP contribution in [0.3, 0.4) is 0 Å². The fourth-order valence-electron chi connectivity index (χ4n) is 2.64. The molecule has 2 rings (SSSR count). The molecule has 0 aliphatic carbocycles. The van der Waals surface area contributed by atoms with Crippen LogP contribution in [0.25, 0.3) is 0 Å². The molecule has 4 N–H and O–H groups in total. The van der Waals surface area contributed by atoms with Gasteiger partial charge in [0, 0.05) is 24.9 Å². The molecule has 0 bridgehead atoms. The van der Waals surface area contributed by atoms with Gasteiger partial charge in [-0.15, -0.1) is 0 Å². The molecule has 1 amide bonds. The number of nitrogen functional groups attached to an aromatic ring is 2. The Bertz CT molecular complexity index is 556. The molecule has 134 valence electrons. The lowest BCUT2D eigenvalue weighted by molar-refractivity contribution is 0.0165. The van der Waals surface area contributed by atoms with E-state index in [9.17, 15) is 4.79 Å². The van der Waals surface area contributed by atoms with Crippen molar-refractivity contribution in [3.63, 3.8) is 0 Å². The topological polar surface area (TPSA) is 107 Å². The number of aromatic nitrogens is 2. The molecule has 0 unspecified atom stereocenters. The van der Waals surface area contributed by atoms with Gasteiger partial charge in [-0.25, -0.2) is 14.8 Å². The van der Waals surface area contributed by atoms with Gasteiger partial charge in [0.05, 0.1) is 0 Å². The quantitative estimate of drug-likeness (QED) is 0.633. The highest BCUT2D eigenvalue weighted by Gasteiger charge is 2.27. The van der Waals surface area contributed by atoms with Gasteiger partial charge in [0.15, 0.2) is 5.16 Å². The molecule has 2 heterocycles. The first-order valence-corrected chi connectivity index (χ1v) is 9.22. The van der Waals surface area contributed by atoms with E-state index in [2.05, 4.69) is 9.97 Å². The molecule has 1 aliphatic rings. The first kappa shape index (κ1) is 18.6. The van der Waals surface area contributed by atoms with Gasteiger partial charge in [0.2, 0.25) is 0 Å². The molecular weight excluding hydrogens is 326 g/mol. The standard InChI is InChI=1S/C16H27N5O2S/c1-16(2,3)23-15(22)21-7-4-5-11(10-21)6-8-24-14-19-12(17)9-13(18)20-14/h9,11H,4-8,10H2,1-3H3,(H4,17,18,19,20)/t11-/m1/s1. The van der Waals surface area contributed by atoms with Gasteiger partial charge in [-0.05, 0) is 46.0 Å². The number of nitrogens with two attached hydrogens (primary N) is 2. The van der Waals surface area contributed by atoms with Crippen molar-refractivity contribution >= 4 is 29.5 Å². The van der Waals surface area contributed by atoms with Crippen LogP contribution in [0.5, 0.6) is 0 Å². The van der Waals surface area contributed by atoms with Gasteiger partial charge in [-0.3, -0.25) is 0 Å². The van der Waals surface area contributed by atoms with Gasteiger partial charge < -0.3 is 21.1 Å². The third kappa shape index (κ3) is 6.07. The van der Waals surface area contributed by atoms with Crippen molar-refractivity contribution < 1.29 is 9.53 Å². The zero-order chi connectivity index (χ0) is 17.7. The molecule has 0 spiro atoms. The lowest BCUT2D eigenvalue weighted by atomic mass is 9.96. The smallest absolute Gasteiger partial charge is 0.410 e. The summed E-state index contributed by atoms with van der Waals surface area (Å²) in [6.45, 7) is 7.18. The van der Waals surface area contributed by atoms with Gasteiger partial charge >= 0.3 is 6.09 Å². The second-order valence-electron chi connectivity index (χ2n) is 7.07. The number of hydrogen-bond donors (Lipinski definition) is 2. The van der Waals surface area contributed by atoms with Crippen LogP contribution in [0, 0.1) is 5.92 Å². The van der Waals surface area contributed by atoms with Crippen LogP contribution in [0.4, 0.5) is 16.4 Å². The molecule has 1 aliphatic heterocycles. The number of anilines is 2. The minimum Gasteiger partial charge on any atom is -0.444 e. The summed E-state index contributed by atoms with van der Waals surface area (Å²) in [5.74, 6) is 2.12. The minimum absolute atomic E-state index is 0.216. The number of carbonyl (C=O) groups excluding carboxylic acids is 1. The Morgan fingerprint density at radius 2 is 2.04 bits per heavy atom. The largest absolute Gasteiger partial charge is 0.444 e. The van der Waals surface area contributed by atoms with Crippen LogP contribution >= 0.6 is 11.8 Å². The maximum Gasteiger partial charge on any atom is 0.410 e. The van der Waals surface area contributed by atoms with Crippen LogP contribution in [0.1, 0.15) is 40.0 Å². The molecule has 7 nitrogen and oxygen atoms in total. The molecule has 1 saturated heterocycles. The summed E-state index contributed by atoms with van der Waals surface area (Å²) in [5, 5.41) is 0.604. The summed E-state index contributed by atoms with van der Waals surface area (Å²) >= 11 is 1.55. The van der Waals surface area contributed by atoms with Gasteiger partial charge in [0.25, 0.3) is 0 Å². The molecule has 1 aromatic heterocycles. The maximum atomic E-state index is 12.2. The first-order valence-electron chi connectivity index (χ1n) is 8.24. The van der Waals surface area contributed by atoms with Crippen molar-refractivity contribution in [2.75, 3.05) is 30.3 Å². The molecular formula is C16H27N5O2S. The van der Waals surface area contributed by atoms with Crippen LogP contribution < -0.4 is 11.5 Å². The third-order valence-corrected chi connectivity index (χ3v) is 4.55. The number of carbonyl (C=O) groups is 1. The second kappa shape index (κ2) is 7.92. The van der Waals surface area contributed by atoms with E-state index in [4.69, 9.17) is 16.2 Å². The van der Waals surface area contributed by atoms with E-state index >= 15 is 0 Å². The van der Waals surface area contributed by atoms with E-state index in [0.29, 0.717) is 22.7 Å². The van der Waals surface area contributed by atoms with Crippen molar-refractivity contribution in [2.45, 2.75) is 50.8 Å². The number of hydrogen-bond acceptors (Lipinski definition) is 7. The van der Waals surface area contributed by atoms with Crippen molar-refractivity contribution in [1.29, 1.82) is 0 Å². The van der Waals surface area contributed by atoms with E-state index in [1.54, 1.807) is 17.8 Å². The summed E-state index contributed by atoms with van der Waals surface area (Å²) in [7, 11) is 0. The number of thioether (sulfide) groups is 1. The predicted octanol–water partition coefficient (Wildman–Crippen LogP) is 2.77. The minimum atomic E-state index is -0.454. The molecule has 0 radical (unpaired) electrons. The fraction of sp³-hybridized carbons (Fsp3) is 0.688. The van der Waals surface area contributed by atoms with Crippen molar-refractivity contribution in [2.24, 2.45) is 5.92 Å². The summed E-state index contributed by atoms with van der Waals surface area (Å²) in [6, 6.07) is 1.55. The molecule has 0 aromatic carbocycles. The highest BCUT2D eigenvalue weighted by Crippen LogP contribution is 2.25. The molecule has 1 aromatic rings. The van der Waals surface area contributed by atoms with E-state index in [1.807, 2.05) is 25.7 Å². The molecule has 1 atom stereocenters. The third-order valence-electron chi connectivity index (χ3n) is 3.67. The van der Waals surface area contributed by atoms with E-state index in [0.717, 1.165) is 38.1 Å². The molecule has 24 heavy (non-hydrogen) atoms.